The fourth-order valence-corrected chi connectivity index (χ4v) is 15.0. The van der Waals surface area contributed by atoms with E-state index in [1.165, 1.54) is 0 Å². The fraction of sp³-hybridized carbons (Fsp3) is 0.594. The van der Waals surface area contributed by atoms with E-state index in [0.29, 0.717) is 35.8 Å². The average Bonchev–Trinajstić information content (AvgIpc) is 3.35. The Morgan fingerprint density at radius 3 is 0.750 bits per heavy atom. The molecular formula is C64H94N8O4S4. The van der Waals surface area contributed by atoms with E-state index in [9.17, 15) is 20.4 Å². The molecule has 4 aromatic rings. The zero-order valence-corrected chi connectivity index (χ0v) is 55.7. The number of nitrogens with one attached hydrogen (secondary N) is 2. The minimum atomic E-state index is -0.303. The summed E-state index contributed by atoms with van der Waals surface area (Å²) in [4.78, 5) is 15.3. The lowest BCUT2D eigenvalue weighted by Gasteiger charge is -2.58. The van der Waals surface area contributed by atoms with Crippen LogP contribution in [-0.4, -0.2) is 74.1 Å². The molecule has 6 heterocycles. The van der Waals surface area contributed by atoms with Crippen LogP contribution in [0.25, 0.3) is 0 Å². The van der Waals surface area contributed by atoms with Crippen molar-refractivity contribution >= 4 is 57.4 Å². The summed E-state index contributed by atoms with van der Waals surface area (Å²) in [6.07, 6.45) is 0.777. The lowest BCUT2D eigenvalue weighted by atomic mass is 9.79. The summed E-state index contributed by atoms with van der Waals surface area (Å²) in [5.74, 6) is 1.42. The number of phenolic OH excluding ortho intramolecular Hbond substituents is 4. The minimum Gasteiger partial charge on any atom is -0.507 e. The summed E-state index contributed by atoms with van der Waals surface area (Å²) in [6.45, 7) is 51.6. The van der Waals surface area contributed by atoms with Gasteiger partial charge >= 0.3 is 0 Å². The second-order valence-electron chi connectivity index (χ2n) is 30.7. The van der Waals surface area contributed by atoms with Gasteiger partial charge in [-0.05, 0) is 105 Å². The van der Waals surface area contributed by atoms with Gasteiger partial charge in [0.05, 0.1) is 0 Å². The van der Waals surface area contributed by atoms with Crippen molar-refractivity contribution in [2.45, 2.75) is 265 Å². The molecule has 4 bridgehead atoms. The number of hydrogen-bond donors (Lipinski definition) is 6. The van der Waals surface area contributed by atoms with Crippen molar-refractivity contribution in [1.29, 1.82) is 0 Å². The molecule has 0 spiro atoms. The molecule has 0 aromatic heterocycles. The van der Waals surface area contributed by atoms with Crippen LogP contribution < -0.4 is 11.1 Å². The van der Waals surface area contributed by atoms with Gasteiger partial charge in [-0.2, -0.15) is 21.1 Å². The number of hydrogen-bond acceptors (Lipinski definition) is 16. The summed E-state index contributed by atoms with van der Waals surface area (Å²) in [7, 11) is 0. The second-order valence-corrected chi connectivity index (χ2v) is 35.0. The first kappa shape index (κ1) is 62.3. The topological polar surface area (TPSA) is 143 Å². The minimum absolute atomic E-state index is 0.166. The number of aromatic hydroxyl groups is 4. The first-order valence-electron chi connectivity index (χ1n) is 28.4. The highest BCUT2D eigenvalue weighted by Crippen LogP contribution is 2.51. The molecule has 4 aromatic carbocycles. The largest absolute Gasteiger partial charge is 0.507 e. The van der Waals surface area contributed by atoms with Crippen LogP contribution in [0.1, 0.15) is 224 Å². The van der Waals surface area contributed by atoms with Crippen LogP contribution in [0.2, 0.25) is 0 Å². The van der Waals surface area contributed by atoms with Gasteiger partial charge in [0, 0.05) is 64.1 Å². The molecule has 0 aliphatic carbocycles. The number of amidine groups is 2. The van der Waals surface area contributed by atoms with E-state index in [-0.39, 0.29) is 66.6 Å². The highest BCUT2D eigenvalue weighted by atomic mass is 32.2. The van der Waals surface area contributed by atoms with Crippen LogP contribution in [0.15, 0.2) is 78.1 Å². The average molecular weight is 1170 g/mol. The van der Waals surface area contributed by atoms with Crippen molar-refractivity contribution in [3.05, 3.63) is 93.0 Å². The molecule has 6 aliphatic rings. The summed E-state index contributed by atoms with van der Waals surface area (Å²) in [5.41, 5.74) is 12.0. The summed E-state index contributed by atoms with van der Waals surface area (Å²) in [6, 6.07) is 17.2. The number of aliphatic imine (C=N–C) groups is 2. The van der Waals surface area contributed by atoms with Crippen molar-refractivity contribution in [2.24, 2.45) is 9.98 Å². The van der Waals surface area contributed by atoms with E-state index >= 15 is 0 Å². The Kier molecular flexibility index (Phi) is 16.4. The molecule has 0 amide bonds. The van der Waals surface area contributed by atoms with Crippen LogP contribution >= 0.6 is 47.0 Å². The summed E-state index contributed by atoms with van der Waals surface area (Å²) in [5, 5.41) is 57.6. The molecule has 6 N–H and O–H groups in total. The van der Waals surface area contributed by atoms with Crippen molar-refractivity contribution in [3.8, 4) is 23.0 Å². The zero-order valence-electron chi connectivity index (χ0n) is 52.4. The molecule has 438 valence electrons. The Labute approximate surface area is 497 Å². The van der Waals surface area contributed by atoms with Crippen molar-refractivity contribution in [1.82, 2.24) is 31.1 Å². The Balaban J connectivity index is 1.21. The van der Waals surface area contributed by atoms with Gasteiger partial charge in [0.2, 0.25) is 0 Å². The number of phenols is 4. The van der Waals surface area contributed by atoms with Crippen molar-refractivity contribution < 1.29 is 20.4 Å². The molecule has 2 fully saturated rings. The molecule has 6 aliphatic heterocycles. The highest BCUT2D eigenvalue weighted by Gasteiger charge is 2.52. The van der Waals surface area contributed by atoms with Gasteiger partial charge in [0.1, 0.15) is 35.3 Å². The van der Waals surface area contributed by atoms with E-state index in [0.717, 1.165) is 74.4 Å². The fourth-order valence-electron chi connectivity index (χ4n) is 10.6. The van der Waals surface area contributed by atoms with Crippen LogP contribution in [-0.2, 0) is 43.3 Å². The molecular weight excluding hydrogens is 1070 g/mol. The van der Waals surface area contributed by atoms with Gasteiger partial charge in [-0.25, -0.2) is 20.0 Å². The predicted octanol–water partition coefficient (Wildman–Crippen LogP) is 16.2. The molecule has 6 unspecified atom stereocenters. The lowest BCUT2D eigenvalue weighted by Crippen LogP contribution is -2.79. The van der Waals surface area contributed by atoms with E-state index in [2.05, 4.69) is 246 Å². The standard InChI is InChI=1S/C64H94N8O4S4/c1-57(2,3)39-27-35(28-40(49(39)73)58(4,5)6)77-53-65-47(69-55(71(53)67-69)79-37-31-43(61(13,14)15)51(75)44(32-37)62(16,17)18)25-26-48-66-54(78-36-29-41(59(7,8)9)50(74)42(30-36)60(10,11)12)72-56(70(48)68-72)80-38-33-45(63(19,20)21)52(76)46(34-38)64(22,23)24/h27-34,47-48,55-56,67-68,73-76H,25-26H2,1-24H3. The van der Waals surface area contributed by atoms with Gasteiger partial charge in [0.15, 0.2) is 21.3 Å². The number of benzene rings is 4. The van der Waals surface area contributed by atoms with Gasteiger partial charge < -0.3 is 20.4 Å². The Morgan fingerprint density at radius 2 is 0.550 bits per heavy atom. The zero-order chi connectivity index (χ0) is 59.7. The van der Waals surface area contributed by atoms with E-state index in [1.54, 1.807) is 47.0 Å². The Hall–Kier alpha value is -3.74. The number of hydrazine groups is 4. The maximum atomic E-state index is 11.8. The Bertz CT molecular complexity index is 2750. The predicted molar refractivity (Wildman–Crippen MR) is 338 cm³/mol. The van der Waals surface area contributed by atoms with Gasteiger partial charge in [0.25, 0.3) is 0 Å². The molecule has 2 saturated heterocycles. The number of rotatable bonds is 9. The molecule has 0 radical (unpaired) electrons. The molecule has 6 atom stereocenters. The van der Waals surface area contributed by atoms with Gasteiger partial charge in [-0.3, -0.25) is 0 Å². The van der Waals surface area contributed by atoms with Crippen LogP contribution in [0.3, 0.4) is 0 Å². The first-order valence-corrected chi connectivity index (χ1v) is 31.8. The Morgan fingerprint density at radius 1 is 0.350 bits per heavy atom. The third kappa shape index (κ3) is 12.7. The molecule has 0 saturated carbocycles. The van der Waals surface area contributed by atoms with E-state index in [1.807, 2.05) is 0 Å². The van der Waals surface area contributed by atoms with E-state index < -0.39 is 0 Å². The van der Waals surface area contributed by atoms with Crippen LogP contribution in [0.4, 0.5) is 0 Å². The van der Waals surface area contributed by atoms with Crippen LogP contribution in [0, 0.1) is 0 Å². The summed E-state index contributed by atoms with van der Waals surface area (Å²) < 4.78 is 0. The smallest absolute Gasteiger partial charge is 0.183 e. The first-order chi connectivity index (χ1) is 36.3. The molecule has 80 heavy (non-hydrogen) atoms. The SMILES string of the molecule is CC(C)(C)c1cc(SC2=NC(CCC3N=C(Sc4cc(C(C)(C)C)c(O)c(C(C)(C)C)c4)N4NN3C4Sc3cc(C(C)(C)C)c(O)c(C(C)(C)C)c3)N3NN2C3Sc2cc(C(C)(C)C)c(O)c(C(C)(C)C)c2)cc(C(C)(C)C)c1O. The number of thioether (sulfide) groups is 4. The molecule has 10 rings (SSSR count). The highest BCUT2D eigenvalue weighted by molar-refractivity contribution is 8.14. The third-order valence-electron chi connectivity index (χ3n) is 15.3. The van der Waals surface area contributed by atoms with Crippen LogP contribution in [0.5, 0.6) is 23.0 Å². The maximum Gasteiger partial charge on any atom is 0.183 e. The van der Waals surface area contributed by atoms with Gasteiger partial charge in [-0.15, -0.1) is 0 Å². The lowest BCUT2D eigenvalue weighted by molar-refractivity contribution is -0.158. The van der Waals surface area contributed by atoms with Gasteiger partial charge in [-0.1, -0.05) is 213 Å². The second kappa shape index (κ2) is 21.1. The number of nitrogens with zero attached hydrogens (tertiary/aromatic N) is 6. The third-order valence-corrected chi connectivity index (χ3v) is 19.5. The quantitative estimate of drug-likeness (QED) is 0.0946. The monoisotopic (exact) mass is 1170 g/mol. The van der Waals surface area contributed by atoms with Crippen molar-refractivity contribution in [3.63, 3.8) is 0 Å². The molecule has 16 heteroatoms. The molecule has 12 nitrogen and oxygen atoms in total. The number of fused-ring (bicyclic) bond motifs is 2. The summed E-state index contributed by atoms with van der Waals surface area (Å²) >= 11 is 6.76. The van der Waals surface area contributed by atoms with E-state index in [4.69, 9.17) is 9.98 Å². The normalized spacial score (nSPS) is 22.0. The van der Waals surface area contributed by atoms with Crippen molar-refractivity contribution in [2.75, 3.05) is 0 Å². The maximum absolute atomic E-state index is 11.8.